The first-order valence-electron chi connectivity index (χ1n) is 9.10. The number of hydrogen-bond acceptors (Lipinski definition) is 5. The lowest BCUT2D eigenvalue weighted by Gasteiger charge is -2.31. The van der Waals surface area contributed by atoms with Crippen molar-refractivity contribution >= 4 is 37.9 Å². The number of rotatable bonds is 4. The molecule has 1 aromatic heterocycles. The Kier molecular flexibility index (Phi) is 5.78. The van der Waals surface area contributed by atoms with Gasteiger partial charge in [-0.3, -0.25) is 0 Å². The number of halogens is 4. The molecule has 1 aliphatic rings. The van der Waals surface area contributed by atoms with Gasteiger partial charge in [0.1, 0.15) is 17.5 Å². The maximum atomic E-state index is 13.5. The first kappa shape index (κ1) is 21.1. The molecule has 0 atom stereocenters. The van der Waals surface area contributed by atoms with Crippen molar-refractivity contribution in [2.24, 2.45) is 0 Å². The number of piperidine rings is 1. The normalized spacial score (nSPS) is 15.5. The highest BCUT2D eigenvalue weighted by Crippen LogP contribution is 2.33. The molecular weight excluding hydrogens is 457 g/mol. The molecule has 0 aliphatic carbocycles. The highest BCUT2D eigenvalue weighted by atomic mass is 35.5. The number of nitrogens with zero attached hydrogens (tertiary/aromatic N) is 2. The molecule has 158 valence electrons. The second-order valence-corrected chi connectivity index (χ2v) is 10.4. The fourth-order valence-corrected chi connectivity index (χ4v) is 6.64. The average molecular weight is 473 g/mol. The average Bonchev–Trinajstić information content (AvgIpc) is 3.17. The Morgan fingerprint density at radius 3 is 2.30 bits per heavy atom. The molecule has 1 saturated heterocycles. The van der Waals surface area contributed by atoms with Crippen molar-refractivity contribution in [2.45, 2.75) is 23.0 Å². The van der Waals surface area contributed by atoms with Crippen LogP contribution in [0.3, 0.4) is 0 Å². The number of thiazole rings is 1. The fourth-order valence-electron chi connectivity index (χ4n) is 3.49. The van der Waals surface area contributed by atoms with Crippen LogP contribution in [0, 0.1) is 17.5 Å². The summed E-state index contributed by atoms with van der Waals surface area (Å²) >= 11 is 7.28. The standard InChI is InChI=1S/C20H16ClF3N2O2S2/c21-17-10-13(22)1-2-19(17)30(27,28)16-3-5-26(6-4-16)20-25-18(11-29-20)12-7-14(23)9-15(24)8-12/h1-2,7-11,16H,3-6H2. The van der Waals surface area contributed by atoms with E-state index in [-0.39, 0.29) is 9.92 Å². The van der Waals surface area contributed by atoms with Crippen LogP contribution >= 0.6 is 22.9 Å². The van der Waals surface area contributed by atoms with Crippen LogP contribution in [0.5, 0.6) is 0 Å². The summed E-state index contributed by atoms with van der Waals surface area (Å²) in [5, 5.41) is 1.62. The molecule has 10 heteroatoms. The lowest BCUT2D eigenvalue weighted by molar-refractivity contribution is 0.529. The molecule has 1 aliphatic heterocycles. The van der Waals surface area contributed by atoms with E-state index in [9.17, 15) is 21.6 Å². The van der Waals surface area contributed by atoms with Crippen molar-refractivity contribution < 1.29 is 21.6 Å². The zero-order valence-corrected chi connectivity index (χ0v) is 17.9. The molecule has 0 unspecified atom stereocenters. The van der Waals surface area contributed by atoms with Gasteiger partial charge in [0.2, 0.25) is 0 Å². The van der Waals surface area contributed by atoms with E-state index >= 15 is 0 Å². The molecule has 1 fully saturated rings. The molecule has 0 saturated carbocycles. The second kappa shape index (κ2) is 8.20. The van der Waals surface area contributed by atoms with E-state index in [1.807, 2.05) is 4.90 Å². The molecule has 2 heterocycles. The third-order valence-corrected chi connectivity index (χ3v) is 8.65. The molecule has 0 spiro atoms. The second-order valence-electron chi connectivity index (χ2n) is 6.98. The quantitative estimate of drug-likeness (QED) is 0.482. The Bertz CT molecular complexity index is 1170. The number of hydrogen-bond donors (Lipinski definition) is 0. The Balaban J connectivity index is 1.48. The summed E-state index contributed by atoms with van der Waals surface area (Å²) in [7, 11) is -3.69. The predicted octanol–water partition coefficient (Wildman–Crippen LogP) is 5.32. The van der Waals surface area contributed by atoms with Crippen molar-refractivity contribution in [2.75, 3.05) is 18.0 Å². The van der Waals surface area contributed by atoms with Crippen molar-refractivity contribution in [1.29, 1.82) is 0 Å². The smallest absolute Gasteiger partial charge is 0.185 e. The van der Waals surface area contributed by atoms with E-state index in [4.69, 9.17) is 11.6 Å². The van der Waals surface area contributed by atoms with Crippen LogP contribution in [0.25, 0.3) is 11.3 Å². The molecule has 3 aromatic rings. The zero-order chi connectivity index (χ0) is 21.5. The van der Waals surface area contributed by atoms with E-state index in [0.29, 0.717) is 42.3 Å². The van der Waals surface area contributed by atoms with Crippen molar-refractivity contribution in [3.8, 4) is 11.3 Å². The third-order valence-electron chi connectivity index (χ3n) is 5.00. The van der Waals surface area contributed by atoms with Gasteiger partial charge in [0, 0.05) is 30.1 Å². The molecule has 0 N–H and O–H groups in total. The minimum Gasteiger partial charge on any atom is -0.348 e. The summed E-state index contributed by atoms with van der Waals surface area (Å²) in [4.78, 5) is 6.34. The molecule has 30 heavy (non-hydrogen) atoms. The van der Waals surface area contributed by atoms with Gasteiger partial charge in [0.25, 0.3) is 0 Å². The minimum absolute atomic E-state index is 0.0614. The molecule has 4 nitrogen and oxygen atoms in total. The van der Waals surface area contributed by atoms with Crippen LogP contribution in [0.1, 0.15) is 12.8 Å². The van der Waals surface area contributed by atoms with Crippen molar-refractivity contribution in [3.63, 3.8) is 0 Å². The van der Waals surface area contributed by atoms with Gasteiger partial charge in [-0.15, -0.1) is 11.3 Å². The first-order chi connectivity index (χ1) is 14.2. The molecule has 0 bridgehead atoms. The highest BCUT2D eigenvalue weighted by molar-refractivity contribution is 7.92. The van der Waals surface area contributed by atoms with E-state index in [1.54, 1.807) is 5.38 Å². The van der Waals surface area contributed by atoms with Crippen LogP contribution in [0.4, 0.5) is 18.3 Å². The minimum atomic E-state index is -3.69. The lowest BCUT2D eigenvalue weighted by atomic mass is 10.1. The van der Waals surface area contributed by atoms with Gasteiger partial charge in [0.05, 0.1) is 20.9 Å². The Hall–Kier alpha value is -2.10. The summed E-state index contributed by atoms with van der Waals surface area (Å²) < 4.78 is 66.0. The van der Waals surface area contributed by atoms with E-state index in [2.05, 4.69) is 4.98 Å². The van der Waals surface area contributed by atoms with Crippen molar-refractivity contribution in [3.05, 3.63) is 64.3 Å². The number of benzene rings is 2. The molecular formula is C20H16ClF3N2O2S2. The monoisotopic (exact) mass is 472 g/mol. The molecule has 0 radical (unpaired) electrons. The van der Waals surface area contributed by atoms with E-state index in [0.717, 1.165) is 18.2 Å². The summed E-state index contributed by atoms with van der Waals surface area (Å²) in [6.45, 7) is 0.903. The largest absolute Gasteiger partial charge is 0.348 e. The Labute approximate surface area is 180 Å². The SMILES string of the molecule is O=S(=O)(c1ccc(F)cc1Cl)C1CCN(c2nc(-c3cc(F)cc(F)c3)cs2)CC1. The number of sulfone groups is 1. The van der Waals surface area contributed by atoms with Gasteiger partial charge in [0.15, 0.2) is 15.0 Å². The summed E-state index contributed by atoms with van der Waals surface area (Å²) in [6, 6.07) is 6.51. The van der Waals surface area contributed by atoms with Crippen LogP contribution in [-0.2, 0) is 9.84 Å². The summed E-state index contributed by atoms with van der Waals surface area (Å²) in [5.74, 6) is -1.94. The molecule has 4 rings (SSSR count). The lowest BCUT2D eigenvalue weighted by Crippen LogP contribution is -2.39. The van der Waals surface area contributed by atoms with Gasteiger partial charge in [-0.05, 0) is 43.2 Å². The Morgan fingerprint density at radius 2 is 1.67 bits per heavy atom. The van der Waals surface area contributed by atoms with Gasteiger partial charge in [-0.1, -0.05) is 11.6 Å². The maximum Gasteiger partial charge on any atom is 0.185 e. The van der Waals surface area contributed by atoms with Gasteiger partial charge >= 0.3 is 0 Å². The predicted molar refractivity (Wildman–Crippen MR) is 111 cm³/mol. The maximum absolute atomic E-state index is 13.5. The topological polar surface area (TPSA) is 50.3 Å². The van der Waals surface area contributed by atoms with E-state index < -0.39 is 32.5 Å². The first-order valence-corrected chi connectivity index (χ1v) is 11.9. The van der Waals surface area contributed by atoms with Gasteiger partial charge in [-0.25, -0.2) is 26.6 Å². The highest BCUT2D eigenvalue weighted by Gasteiger charge is 2.33. The Morgan fingerprint density at radius 1 is 1.00 bits per heavy atom. The molecule has 2 aromatic carbocycles. The van der Waals surface area contributed by atoms with E-state index in [1.165, 1.54) is 29.5 Å². The fraction of sp³-hybridized carbons (Fsp3) is 0.250. The van der Waals surface area contributed by atoms with Crippen LogP contribution in [0.15, 0.2) is 46.7 Å². The molecule has 0 amide bonds. The summed E-state index contributed by atoms with van der Waals surface area (Å²) in [6.07, 6.45) is 0.721. The van der Waals surface area contributed by atoms with Crippen molar-refractivity contribution in [1.82, 2.24) is 4.98 Å². The van der Waals surface area contributed by atoms with Crippen LogP contribution in [0.2, 0.25) is 5.02 Å². The van der Waals surface area contributed by atoms with Crippen LogP contribution < -0.4 is 4.90 Å². The van der Waals surface area contributed by atoms with Gasteiger partial charge < -0.3 is 4.90 Å². The van der Waals surface area contributed by atoms with Gasteiger partial charge in [-0.2, -0.15) is 0 Å². The van der Waals surface area contributed by atoms with Crippen LogP contribution in [-0.4, -0.2) is 31.7 Å². The number of aromatic nitrogens is 1. The zero-order valence-electron chi connectivity index (χ0n) is 15.5. The third kappa shape index (κ3) is 4.19. The number of anilines is 1. The summed E-state index contributed by atoms with van der Waals surface area (Å²) in [5.41, 5.74) is 0.805.